The summed E-state index contributed by atoms with van der Waals surface area (Å²) in [5.41, 5.74) is 3.25. The first kappa shape index (κ1) is 16.3. The summed E-state index contributed by atoms with van der Waals surface area (Å²) in [6.07, 6.45) is 4.50. The van der Waals surface area contributed by atoms with E-state index in [4.69, 9.17) is 4.74 Å². The van der Waals surface area contributed by atoms with Gasteiger partial charge in [-0.1, -0.05) is 5.21 Å². The average molecular weight is 344 g/mol. The Labute approximate surface area is 146 Å². The number of carbonyl (C=O) groups excluding carboxylic acids is 1. The minimum atomic E-state index is 0.0486. The van der Waals surface area contributed by atoms with Crippen LogP contribution in [0.1, 0.15) is 46.3 Å². The van der Waals surface area contributed by atoms with E-state index in [0.717, 1.165) is 29.6 Å². The molecule has 1 saturated heterocycles. The molecule has 0 N–H and O–H groups in total. The minimum Gasteiger partial charge on any atom is -0.375 e. The molecule has 0 bridgehead atoms. The van der Waals surface area contributed by atoms with Crippen LogP contribution in [0, 0.1) is 19.8 Å². The summed E-state index contributed by atoms with van der Waals surface area (Å²) in [7, 11) is 1.86. The molecule has 134 valence electrons. The summed E-state index contributed by atoms with van der Waals surface area (Å²) >= 11 is 0. The third kappa shape index (κ3) is 3.18. The van der Waals surface area contributed by atoms with Crippen molar-refractivity contribution >= 4 is 5.91 Å². The number of amides is 1. The number of aromatic nitrogens is 5. The Kier molecular flexibility index (Phi) is 4.07. The van der Waals surface area contributed by atoms with Crippen molar-refractivity contribution in [3.05, 3.63) is 28.8 Å². The number of likely N-dealkylation sites (tertiary alicyclic amines) is 1. The lowest BCUT2D eigenvalue weighted by atomic mass is 10.1. The number of hydrogen-bond acceptors (Lipinski definition) is 5. The molecular formula is C17H24N6O2. The first-order chi connectivity index (χ1) is 12.0. The van der Waals surface area contributed by atoms with Crippen LogP contribution >= 0.6 is 0 Å². The van der Waals surface area contributed by atoms with Crippen molar-refractivity contribution in [2.24, 2.45) is 13.0 Å². The van der Waals surface area contributed by atoms with Crippen LogP contribution in [0.4, 0.5) is 0 Å². The third-order valence-corrected chi connectivity index (χ3v) is 5.10. The van der Waals surface area contributed by atoms with Crippen molar-refractivity contribution in [2.75, 3.05) is 19.7 Å². The third-order valence-electron chi connectivity index (χ3n) is 5.10. The molecule has 4 rings (SSSR count). The molecule has 2 aromatic rings. The monoisotopic (exact) mass is 344 g/mol. The molecule has 1 saturated carbocycles. The predicted molar refractivity (Wildman–Crippen MR) is 90.0 cm³/mol. The van der Waals surface area contributed by atoms with Crippen LogP contribution in [0.3, 0.4) is 0 Å². The second-order valence-corrected chi connectivity index (χ2v) is 7.18. The maximum absolute atomic E-state index is 12.7. The molecule has 1 aliphatic carbocycles. The largest absolute Gasteiger partial charge is 0.375 e. The van der Waals surface area contributed by atoms with E-state index in [0.29, 0.717) is 25.3 Å². The second kappa shape index (κ2) is 6.25. The van der Waals surface area contributed by atoms with Gasteiger partial charge in [0.05, 0.1) is 30.1 Å². The topological polar surface area (TPSA) is 78.1 Å². The molecule has 0 radical (unpaired) electrons. The van der Waals surface area contributed by atoms with Crippen molar-refractivity contribution in [3.8, 4) is 0 Å². The van der Waals surface area contributed by atoms with Crippen molar-refractivity contribution in [1.82, 2.24) is 29.7 Å². The summed E-state index contributed by atoms with van der Waals surface area (Å²) < 4.78 is 9.25. The van der Waals surface area contributed by atoms with Gasteiger partial charge in [-0.05, 0) is 32.6 Å². The zero-order valence-corrected chi connectivity index (χ0v) is 15.0. The smallest absolute Gasteiger partial charge is 0.257 e. The molecule has 0 aromatic carbocycles. The number of rotatable bonds is 6. The fourth-order valence-corrected chi connectivity index (χ4v) is 3.20. The van der Waals surface area contributed by atoms with E-state index in [2.05, 4.69) is 15.4 Å². The molecule has 0 atom stereocenters. The Bertz CT molecular complexity index is 785. The molecule has 1 amide bonds. The van der Waals surface area contributed by atoms with Gasteiger partial charge < -0.3 is 9.64 Å². The van der Waals surface area contributed by atoms with Crippen LogP contribution in [0.25, 0.3) is 0 Å². The highest BCUT2D eigenvalue weighted by molar-refractivity contribution is 5.96. The van der Waals surface area contributed by atoms with Crippen molar-refractivity contribution in [3.63, 3.8) is 0 Å². The number of hydrogen-bond donors (Lipinski definition) is 0. The van der Waals surface area contributed by atoms with E-state index in [9.17, 15) is 4.79 Å². The van der Waals surface area contributed by atoms with Crippen molar-refractivity contribution in [1.29, 1.82) is 0 Å². The first-order valence-electron chi connectivity index (χ1n) is 8.81. The lowest BCUT2D eigenvalue weighted by Gasteiger charge is -2.38. The SMILES string of the molecule is Cc1nn(C)c(C)c1C(=O)N1CC(n2cc(COCC3CC3)nn2)C1. The Morgan fingerprint density at radius 2 is 2.08 bits per heavy atom. The highest BCUT2D eigenvalue weighted by Gasteiger charge is 2.35. The highest BCUT2D eigenvalue weighted by atomic mass is 16.5. The Morgan fingerprint density at radius 1 is 1.32 bits per heavy atom. The molecule has 0 spiro atoms. The van der Waals surface area contributed by atoms with Gasteiger partial charge in [0.25, 0.3) is 5.91 Å². The molecule has 2 fully saturated rings. The first-order valence-corrected chi connectivity index (χ1v) is 8.81. The summed E-state index contributed by atoms with van der Waals surface area (Å²) in [6, 6.07) is 0.186. The lowest BCUT2D eigenvalue weighted by molar-refractivity contribution is 0.0496. The van der Waals surface area contributed by atoms with Crippen LogP contribution in [0.2, 0.25) is 0 Å². The highest BCUT2D eigenvalue weighted by Crippen LogP contribution is 2.29. The average Bonchev–Trinajstić information content (AvgIpc) is 3.17. The summed E-state index contributed by atoms with van der Waals surface area (Å²) in [4.78, 5) is 14.5. The van der Waals surface area contributed by atoms with Gasteiger partial charge in [-0.25, -0.2) is 4.68 Å². The fourth-order valence-electron chi connectivity index (χ4n) is 3.20. The van der Waals surface area contributed by atoms with Crippen LogP contribution in [0.15, 0.2) is 6.20 Å². The van der Waals surface area contributed by atoms with Crippen molar-refractivity contribution in [2.45, 2.75) is 39.3 Å². The van der Waals surface area contributed by atoms with E-state index < -0.39 is 0 Å². The van der Waals surface area contributed by atoms with Gasteiger partial charge in [-0.3, -0.25) is 9.48 Å². The molecule has 2 aliphatic rings. The molecule has 8 heteroatoms. The number of aryl methyl sites for hydroxylation is 2. The van der Waals surface area contributed by atoms with Gasteiger partial charge in [-0.2, -0.15) is 5.10 Å². The summed E-state index contributed by atoms with van der Waals surface area (Å²) in [6.45, 7) is 6.44. The zero-order chi connectivity index (χ0) is 17.6. The molecule has 8 nitrogen and oxygen atoms in total. The van der Waals surface area contributed by atoms with Gasteiger partial charge in [0.1, 0.15) is 5.69 Å². The standard InChI is InChI=1S/C17H24N6O2/c1-11-16(12(2)21(3)19-11)17(24)22-7-15(8-22)23-6-14(18-20-23)10-25-9-13-4-5-13/h6,13,15H,4-5,7-10H2,1-3H3. The van der Waals surface area contributed by atoms with E-state index in [1.165, 1.54) is 12.8 Å². The Morgan fingerprint density at radius 3 is 2.72 bits per heavy atom. The minimum absolute atomic E-state index is 0.0486. The summed E-state index contributed by atoms with van der Waals surface area (Å²) in [5.74, 6) is 0.799. The second-order valence-electron chi connectivity index (χ2n) is 7.18. The molecule has 2 aromatic heterocycles. The number of nitrogens with zero attached hydrogens (tertiary/aromatic N) is 6. The Hall–Kier alpha value is -2.22. The van der Waals surface area contributed by atoms with Crippen LogP contribution in [0.5, 0.6) is 0 Å². The van der Waals surface area contributed by atoms with E-state index >= 15 is 0 Å². The fraction of sp³-hybridized carbons (Fsp3) is 0.647. The summed E-state index contributed by atoms with van der Waals surface area (Å²) in [5, 5.41) is 12.7. The molecule has 1 aliphatic heterocycles. The van der Waals surface area contributed by atoms with E-state index in [1.54, 1.807) is 4.68 Å². The van der Waals surface area contributed by atoms with Crippen LogP contribution in [-0.4, -0.2) is 55.3 Å². The van der Waals surface area contributed by atoms with Crippen LogP contribution in [-0.2, 0) is 18.4 Å². The number of ether oxygens (including phenoxy) is 1. The van der Waals surface area contributed by atoms with Crippen molar-refractivity contribution < 1.29 is 9.53 Å². The number of carbonyl (C=O) groups is 1. The van der Waals surface area contributed by atoms with E-state index in [-0.39, 0.29) is 11.9 Å². The van der Waals surface area contributed by atoms with Crippen LogP contribution < -0.4 is 0 Å². The zero-order valence-electron chi connectivity index (χ0n) is 15.0. The predicted octanol–water partition coefficient (Wildman–Crippen LogP) is 1.25. The van der Waals surface area contributed by atoms with Gasteiger partial charge in [0, 0.05) is 32.4 Å². The Balaban J connectivity index is 1.32. The van der Waals surface area contributed by atoms with Gasteiger partial charge in [0.15, 0.2) is 0 Å². The normalized spacial score (nSPS) is 17.8. The maximum Gasteiger partial charge on any atom is 0.257 e. The lowest BCUT2D eigenvalue weighted by Crippen LogP contribution is -2.51. The molecule has 3 heterocycles. The quantitative estimate of drug-likeness (QED) is 0.788. The maximum atomic E-state index is 12.7. The molecular weight excluding hydrogens is 320 g/mol. The molecule has 0 unspecified atom stereocenters. The van der Waals surface area contributed by atoms with Gasteiger partial charge in [0.2, 0.25) is 0 Å². The van der Waals surface area contributed by atoms with Gasteiger partial charge in [-0.15, -0.1) is 5.10 Å². The van der Waals surface area contributed by atoms with E-state index in [1.807, 2.05) is 36.7 Å². The molecule has 25 heavy (non-hydrogen) atoms. The van der Waals surface area contributed by atoms with Gasteiger partial charge >= 0.3 is 0 Å².